The smallest absolute Gasteiger partial charge is 0.220 e. The predicted molar refractivity (Wildman–Crippen MR) is 96.7 cm³/mol. The predicted octanol–water partition coefficient (Wildman–Crippen LogP) is 3.73. The molecule has 1 aromatic carbocycles. The number of amides is 1. The van der Waals surface area contributed by atoms with Gasteiger partial charge in [-0.2, -0.15) is 0 Å². The summed E-state index contributed by atoms with van der Waals surface area (Å²) in [5.74, 6) is 0.924. The molecule has 2 atom stereocenters. The van der Waals surface area contributed by atoms with Crippen LogP contribution in [0.4, 0.5) is 0 Å². The van der Waals surface area contributed by atoms with Crippen LogP contribution in [0.2, 0.25) is 0 Å². The van der Waals surface area contributed by atoms with E-state index >= 15 is 0 Å². The van der Waals surface area contributed by atoms with Gasteiger partial charge in [-0.05, 0) is 57.2 Å². The fraction of sp³-hybridized carbons (Fsp3) is 0.650. The minimum atomic E-state index is 0.176. The maximum absolute atomic E-state index is 12.4. The van der Waals surface area contributed by atoms with Crippen molar-refractivity contribution in [1.29, 1.82) is 0 Å². The van der Waals surface area contributed by atoms with Crippen molar-refractivity contribution in [2.45, 2.75) is 58.9 Å². The van der Waals surface area contributed by atoms with Crippen LogP contribution in [0.15, 0.2) is 24.3 Å². The molecule has 23 heavy (non-hydrogen) atoms. The first-order valence-electron chi connectivity index (χ1n) is 9.04. The van der Waals surface area contributed by atoms with Crippen LogP contribution in [0.3, 0.4) is 0 Å². The largest absolute Gasteiger partial charge is 0.355 e. The Kier molecular flexibility index (Phi) is 6.64. The molecular formula is C20H32N2O. The maximum Gasteiger partial charge on any atom is 0.220 e. The van der Waals surface area contributed by atoms with Gasteiger partial charge in [0.25, 0.3) is 0 Å². The molecule has 1 fully saturated rings. The second kappa shape index (κ2) is 8.49. The van der Waals surface area contributed by atoms with Crippen molar-refractivity contribution in [2.75, 3.05) is 19.6 Å². The molecular weight excluding hydrogens is 284 g/mol. The summed E-state index contributed by atoms with van der Waals surface area (Å²) in [4.78, 5) is 14.9. The highest BCUT2D eigenvalue weighted by Crippen LogP contribution is 2.28. The number of aryl methyl sites for hydroxylation is 1. The average Bonchev–Trinajstić information content (AvgIpc) is 3.05. The first-order valence-corrected chi connectivity index (χ1v) is 9.04. The lowest BCUT2D eigenvalue weighted by Crippen LogP contribution is -2.41. The number of rotatable bonds is 7. The molecule has 0 bridgehead atoms. The van der Waals surface area contributed by atoms with Gasteiger partial charge in [0.05, 0.1) is 0 Å². The fourth-order valence-electron chi connectivity index (χ4n) is 3.40. The molecule has 1 N–H and O–H groups in total. The number of hydrogen-bond donors (Lipinski definition) is 1. The van der Waals surface area contributed by atoms with E-state index in [0.29, 0.717) is 18.4 Å². The van der Waals surface area contributed by atoms with E-state index in [1.807, 2.05) is 0 Å². The Morgan fingerprint density at radius 2 is 1.74 bits per heavy atom. The molecule has 2 rings (SSSR count). The summed E-state index contributed by atoms with van der Waals surface area (Å²) in [5, 5.41) is 3.15. The zero-order chi connectivity index (χ0) is 16.8. The topological polar surface area (TPSA) is 32.3 Å². The van der Waals surface area contributed by atoms with E-state index in [9.17, 15) is 4.79 Å². The monoisotopic (exact) mass is 316 g/mol. The van der Waals surface area contributed by atoms with Gasteiger partial charge in [-0.1, -0.05) is 43.7 Å². The Labute approximate surface area is 141 Å². The van der Waals surface area contributed by atoms with Crippen LogP contribution < -0.4 is 5.32 Å². The van der Waals surface area contributed by atoms with Crippen LogP contribution in [0, 0.1) is 12.8 Å². The first kappa shape index (κ1) is 18.0. The van der Waals surface area contributed by atoms with Gasteiger partial charge in [0, 0.05) is 19.0 Å². The molecule has 128 valence electrons. The quantitative estimate of drug-likeness (QED) is 0.831. The van der Waals surface area contributed by atoms with E-state index < -0.39 is 0 Å². The third kappa shape index (κ3) is 5.35. The Bertz CT molecular complexity index is 489. The number of hydrogen-bond acceptors (Lipinski definition) is 2. The molecule has 1 saturated heterocycles. The van der Waals surface area contributed by atoms with Crippen molar-refractivity contribution < 1.29 is 4.79 Å². The van der Waals surface area contributed by atoms with E-state index in [1.165, 1.54) is 37.1 Å². The molecule has 0 radical (unpaired) electrons. The zero-order valence-electron chi connectivity index (χ0n) is 15.1. The van der Waals surface area contributed by atoms with Crippen LogP contribution in [0.25, 0.3) is 0 Å². The van der Waals surface area contributed by atoms with Crippen molar-refractivity contribution in [2.24, 2.45) is 5.92 Å². The average molecular weight is 316 g/mol. The third-order valence-corrected chi connectivity index (χ3v) is 5.07. The summed E-state index contributed by atoms with van der Waals surface area (Å²) in [7, 11) is 0. The Hall–Kier alpha value is -1.35. The highest BCUT2D eigenvalue weighted by molar-refractivity contribution is 5.77. The fourth-order valence-corrected chi connectivity index (χ4v) is 3.40. The van der Waals surface area contributed by atoms with Gasteiger partial charge >= 0.3 is 0 Å². The molecule has 0 aromatic heterocycles. The van der Waals surface area contributed by atoms with Crippen LogP contribution in [0.5, 0.6) is 0 Å². The molecule has 3 nitrogen and oxygen atoms in total. The Morgan fingerprint density at radius 3 is 2.30 bits per heavy atom. The summed E-state index contributed by atoms with van der Waals surface area (Å²) in [6.07, 6.45) is 3.16. The van der Waals surface area contributed by atoms with Crippen LogP contribution in [-0.4, -0.2) is 36.5 Å². The number of likely N-dealkylation sites (tertiary alicyclic amines) is 1. The Morgan fingerprint density at radius 1 is 1.13 bits per heavy atom. The SMILES string of the molecule is Cc1ccc(C(CC(=O)NCC(C)N2CCCC2)C(C)C)cc1. The van der Waals surface area contributed by atoms with E-state index in [2.05, 4.69) is 62.2 Å². The molecule has 3 heteroatoms. The molecule has 1 aromatic rings. The Balaban J connectivity index is 1.86. The van der Waals surface area contributed by atoms with Gasteiger partial charge < -0.3 is 5.32 Å². The minimum Gasteiger partial charge on any atom is -0.355 e. The van der Waals surface area contributed by atoms with Gasteiger partial charge in [-0.25, -0.2) is 0 Å². The summed E-state index contributed by atoms with van der Waals surface area (Å²) in [6.45, 7) is 11.8. The third-order valence-electron chi connectivity index (χ3n) is 5.07. The lowest BCUT2D eigenvalue weighted by molar-refractivity contribution is -0.121. The maximum atomic E-state index is 12.4. The number of carbonyl (C=O) groups excluding carboxylic acids is 1. The lowest BCUT2D eigenvalue weighted by Gasteiger charge is -2.25. The number of benzene rings is 1. The van der Waals surface area contributed by atoms with Crippen LogP contribution in [-0.2, 0) is 4.79 Å². The van der Waals surface area contributed by atoms with E-state index in [0.717, 1.165) is 6.54 Å². The van der Waals surface area contributed by atoms with Crippen molar-refractivity contribution in [1.82, 2.24) is 10.2 Å². The van der Waals surface area contributed by atoms with Crippen LogP contribution in [0.1, 0.15) is 57.1 Å². The number of carbonyl (C=O) groups is 1. The highest BCUT2D eigenvalue weighted by atomic mass is 16.1. The highest BCUT2D eigenvalue weighted by Gasteiger charge is 2.21. The number of nitrogens with zero attached hydrogens (tertiary/aromatic N) is 1. The molecule has 1 heterocycles. The van der Waals surface area contributed by atoms with E-state index in [1.54, 1.807) is 0 Å². The van der Waals surface area contributed by atoms with Gasteiger partial charge in [0.1, 0.15) is 0 Å². The van der Waals surface area contributed by atoms with E-state index in [-0.39, 0.29) is 11.8 Å². The number of nitrogens with one attached hydrogen (secondary N) is 1. The van der Waals surface area contributed by atoms with Crippen molar-refractivity contribution in [3.63, 3.8) is 0 Å². The standard InChI is InChI=1S/C20H32N2O/c1-15(2)19(18-9-7-16(3)8-10-18)13-20(23)21-14-17(4)22-11-5-6-12-22/h7-10,15,17,19H,5-6,11-14H2,1-4H3,(H,21,23). The normalized spacial score (nSPS) is 18.1. The molecule has 0 aliphatic carbocycles. The van der Waals surface area contributed by atoms with Gasteiger partial charge in [-0.3, -0.25) is 9.69 Å². The van der Waals surface area contributed by atoms with Gasteiger partial charge in [0.15, 0.2) is 0 Å². The first-order chi connectivity index (χ1) is 11.0. The summed E-state index contributed by atoms with van der Waals surface area (Å²) in [5.41, 5.74) is 2.54. The minimum absolute atomic E-state index is 0.176. The van der Waals surface area contributed by atoms with Crippen molar-refractivity contribution in [3.05, 3.63) is 35.4 Å². The summed E-state index contributed by atoms with van der Waals surface area (Å²) < 4.78 is 0. The summed E-state index contributed by atoms with van der Waals surface area (Å²) in [6, 6.07) is 9.05. The van der Waals surface area contributed by atoms with Crippen LogP contribution >= 0.6 is 0 Å². The van der Waals surface area contributed by atoms with Gasteiger partial charge in [-0.15, -0.1) is 0 Å². The second-order valence-electron chi connectivity index (χ2n) is 7.36. The van der Waals surface area contributed by atoms with Crippen molar-refractivity contribution >= 4 is 5.91 Å². The molecule has 1 aliphatic heterocycles. The van der Waals surface area contributed by atoms with E-state index in [4.69, 9.17) is 0 Å². The molecule has 1 amide bonds. The molecule has 2 unspecified atom stereocenters. The van der Waals surface area contributed by atoms with Gasteiger partial charge in [0.2, 0.25) is 5.91 Å². The lowest BCUT2D eigenvalue weighted by atomic mass is 9.85. The summed E-state index contributed by atoms with van der Waals surface area (Å²) >= 11 is 0. The zero-order valence-corrected chi connectivity index (χ0v) is 15.1. The second-order valence-corrected chi connectivity index (χ2v) is 7.36. The molecule has 1 aliphatic rings. The van der Waals surface area contributed by atoms with Crippen molar-refractivity contribution in [3.8, 4) is 0 Å². The molecule has 0 saturated carbocycles. The molecule has 0 spiro atoms.